The normalized spacial score (nSPS) is 15.9. The maximum absolute atomic E-state index is 12.5. The summed E-state index contributed by atoms with van der Waals surface area (Å²) in [6.45, 7) is 2.05. The Hall–Kier alpha value is -2.75. The molecule has 0 unspecified atom stereocenters. The Bertz CT molecular complexity index is 1060. The van der Waals surface area contributed by atoms with Crippen LogP contribution in [0.2, 0.25) is 0 Å². The fourth-order valence-corrected chi connectivity index (χ4v) is 4.78. The molecule has 1 N–H and O–H groups in total. The molecule has 4 rings (SSSR count). The lowest BCUT2D eigenvalue weighted by Crippen LogP contribution is -2.44. The van der Waals surface area contributed by atoms with Crippen LogP contribution in [-0.4, -0.2) is 49.8 Å². The first-order chi connectivity index (χ1) is 14.5. The van der Waals surface area contributed by atoms with Crippen molar-refractivity contribution in [1.29, 1.82) is 0 Å². The minimum atomic E-state index is -3.49. The monoisotopic (exact) mass is 428 g/mol. The molecule has 158 valence electrons. The zero-order valence-corrected chi connectivity index (χ0v) is 17.5. The average molecular weight is 429 g/mol. The van der Waals surface area contributed by atoms with Gasteiger partial charge in [0.2, 0.25) is 21.8 Å². The van der Waals surface area contributed by atoms with Crippen molar-refractivity contribution in [3.8, 4) is 17.2 Å². The summed E-state index contributed by atoms with van der Waals surface area (Å²) in [5.74, 6) is 1.78. The molecule has 2 heterocycles. The van der Waals surface area contributed by atoms with Gasteiger partial charge in [-0.2, -0.15) is 0 Å². The molecule has 0 radical (unpaired) electrons. The zero-order chi connectivity index (χ0) is 21.0. The zero-order valence-electron chi connectivity index (χ0n) is 16.7. The molecule has 0 atom stereocenters. The standard InChI is InChI=1S/C21H24N4O4S/c1-28-18-9-7-16(8-10-18)21-23-22-20(29-21)15-25-13-11-17(12-14-25)24-30(26,27)19-5-3-2-4-6-19/h2-10,17,24H,11-15H2,1H3. The molecule has 8 nitrogen and oxygen atoms in total. The molecule has 0 spiro atoms. The Morgan fingerprint density at radius 3 is 2.43 bits per heavy atom. The number of sulfonamides is 1. The number of likely N-dealkylation sites (tertiary alicyclic amines) is 1. The first-order valence-corrected chi connectivity index (χ1v) is 11.3. The molecule has 2 aromatic carbocycles. The second-order valence-electron chi connectivity index (χ2n) is 7.21. The Morgan fingerprint density at radius 1 is 1.07 bits per heavy atom. The minimum absolute atomic E-state index is 0.0796. The molecule has 1 aromatic heterocycles. The Labute approximate surface area is 175 Å². The fourth-order valence-electron chi connectivity index (χ4n) is 3.46. The van der Waals surface area contributed by atoms with Gasteiger partial charge >= 0.3 is 0 Å². The number of hydrogen-bond acceptors (Lipinski definition) is 7. The van der Waals surface area contributed by atoms with Crippen LogP contribution in [0.15, 0.2) is 63.9 Å². The summed E-state index contributed by atoms with van der Waals surface area (Å²) >= 11 is 0. The molecular formula is C21H24N4O4S. The van der Waals surface area contributed by atoms with Gasteiger partial charge in [0.1, 0.15) is 5.75 Å². The molecule has 3 aromatic rings. The van der Waals surface area contributed by atoms with Gasteiger partial charge in [-0.25, -0.2) is 13.1 Å². The lowest BCUT2D eigenvalue weighted by molar-refractivity contribution is 0.184. The molecule has 0 saturated carbocycles. The van der Waals surface area contributed by atoms with Crippen molar-refractivity contribution >= 4 is 10.0 Å². The second-order valence-corrected chi connectivity index (χ2v) is 8.93. The summed E-state index contributed by atoms with van der Waals surface area (Å²) in [7, 11) is -1.87. The highest BCUT2D eigenvalue weighted by atomic mass is 32.2. The molecule has 0 aliphatic carbocycles. The van der Waals surface area contributed by atoms with Gasteiger partial charge in [-0.15, -0.1) is 10.2 Å². The molecule has 1 aliphatic heterocycles. The fraction of sp³-hybridized carbons (Fsp3) is 0.333. The van der Waals surface area contributed by atoms with E-state index in [2.05, 4.69) is 19.8 Å². The van der Waals surface area contributed by atoms with Crippen molar-refractivity contribution in [3.05, 3.63) is 60.5 Å². The smallest absolute Gasteiger partial charge is 0.247 e. The van der Waals surface area contributed by atoms with Gasteiger partial charge < -0.3 is 9.15 Å². The minimum Gasteiger partial charge on any atom is -0.497 e. The van der Waals surface area contributed by atoms with Crippen molar-refractivity contribution in [2.45, 2.75) is 30.3 Å². The third kappa shape index (κ3) is 4.86. The Morgan fingerprint density at radius 2 is 1.77 bits per heavy atom. The molecule has 30 heavy (non-hydrogen) atoms. The van der Waals surface area contributed by atoms with Crippen LogP contribution in [0.3, 0.4) is 0 Å². The molecule has 1 saturated heterocycles. The summed E-state index contributed by atoms with van der Waals surface area (Å²) in [6, 6.07) is 15.8. The summed E-state index contributed by atoms with van der Waals surface area (Å²) in [4.78, 5) is 2.49. The molecular weight excluding hydrogens is 404 g/mol. The van der Waals surface area contributed by atoms with Gasteiger partial charge in [-0.1, -0.05) is 18.2 Å². The van der Waals surface area contributed by atoms with Crippen molar-refractivity contribution in [3.63, 3.8) is 0 Å². The van der Waals surface area contributed by atoms with Crippen LogP contribution in [0.1, 0.15) is 18.7 Å². The first-order valence-electron chi connectivity index (χ1n) is 9.80. The van der Waals surface area contributed by atoms with Crippen molar-refractivity contribution in [2.75, 3.05) is 20.2 Å². The average Bonchev–Trinajstić information content (AvgIpc) is 3.24. The van der Waals surface area contributed by atoms with Gasteiger partial charge in [0.05, 0.1) is 18.6 Å². The molecule has 0 amide bonds. The van der Waals surface area contributed by atoms with E-state index in [9.17, 15) is 8.42 Å². The number of ether oxygens (including phenoxy) is 1. The van der Waals surface area contributed by atoms with E-state index in [-0.39, 0.29) is 6.04 Å². The number of nitrogens with zero attached hydrogens (tertiary/aromatic N) is 3. The van der Waals surface area contributed by atoms with Crippen LogP contribution in [0.25, 0.3) is 11.5 Å². The maximum Gasteiger partial charge on any atom is 0.247 e. The number of methoxy groups -OCH3 is 1. The third-order valence-corrected chi connectivity index (χ3v) is 6.66. The highest BCUT2D eigenvalue weighted by Crippen LogP contribution is 2.22. The molecule has 1 aliphatic rings. The Kier molecular flexibility index (Phi) is 6.12. The number of aromatic nitrogens is 2. The van der Waals surface area contributed by atoms with Crippen LogP contribution >= 0.6 is 0 Å². The topological polar surface area (TPSA) is 97.6 Å². The highest BCUT2D eigenvalue weighted by molar-refractivity contribution is 7.89. The van der Waals surface area contributed by atoms with Crippen molar-refractivity contribution < 1.29 is 17.6 Å². The van der Waals surface area contributed by atoms with E-state index in [1.54, 1.807) is 37.4 Å². The van der Waals surface area contributed by atoms with Gasteiger partial charge in [-0.05, 0) is 49.2 Å². The third-order valence-electron chi connectivity index (χ3n) is 5.13. The predicted octanol–water partition coefficient (Wildman–Crippen LogP) is 2.69. The van der Waals surface area contributed by atoms with Crippen LogP contribution in [-0.2, 0) is 16.6 Å². The lowest BCUT2D eigenvalue weighted by atomic mass is 10.1. The Balaban J connectivity index is 1.30. The van der Waals surface area contributed by atoms with E-state index in [0.29, 0.717) is 23.2 Å². The van der Waals surface area contributed by atoms with E-state index in [0.717, 1.165) is 37.2 Å². The maximum atomic E-state index is 12.5. The lowest BCUT2D eigenvalue weighted by Gasteiger charge is -2.31. The van der Waals surface area contributed by atoms with Crippen LogP contribution in [0, 0.1) is 0 Å². The van der Waals surface area contributed by atoms with Gasteiger partial charge in [0.25, 0.3) is 0 Å². The summed E-state index contributed by atoms with van der Waals surface area (Å²) < 4.78 is 38.7. The largest absolute Gasteiger partial charge is 0.497 e. The summed E-state index contributed by atoms with van der Waals surface area (Å²) in [5, 5.41) is 8.27. The quantitative estimate of drug-likeness (QED) is 0.618. The summed E-state index contributed by atoms with van der Waals surface area (Å²) in [6.07, 6.45) is 1.46. The van der Waals surface area contributed by atoms with Crippen molar-refractivity contribution in [1.82, 2.24) is 19.8 Å². The first kappa shape index (κ1) is 20.5. The predicted molar refractivity (Wildman–Crippen MR) is 111 cm³/mol. The van der Waals surface area contributed by atoms with Crippen molar-refractivity contribution in [2.24, 2.45) is 0 Å². The van der Waals surface area contributed by atoms with Gasteiger partial charge in [0, 0.05) is 24.7 Å². The van der Waals surface area contributed by atoms with E-state index in [4.69, 9.17) is 9.15 Å². The number of nitrogens with one attached hydrogen (secondary N) is 1. The second kappa shape index (κ2) is 8.95. The summed E-state index contributed by atoms with van der Waals surface area (Å²) in [5.41, 5.74) is 0.837. The highest BCUT2D eigenvalue weighted by Gasteiger charge is 2.25. The molecule has 0 bridgehead atoms. The van der Waals surface area contributed by atoms with Crippen LogP contribution in [0.4, 0.5) is 0 Å². The van der Waals surface area contributed by atoms with E-state index >= 15 is 0 Å². The number of benzene rings is 2. The number of rotatable bonds is 7. The van der Waals surface area contributed by atoms with E-state index in [1.165, 1.54) is 0 Å². The van der Waals surface area contributed by atoms with Crippen LogP contribution < -0.4 is 9.46 Å². The SMILES string of the molecule is COc1ccc(-c2nnc(CN3CCC(NS(=O)(=O)c4ccccc4)CC3)o2)cc1. The molecule has 1 fully saturated rings. The molecule has 9 heteroatoms. The van der Waals surface area contributed by atoms with Gasteiger partial charge in [0.15, 0.2) is 0 Å². The number of hydrogen-bond donors (Lipinski definition) is 1. The van der Waals surface area contributed by atoms with Crippen LogP contribution in [0.5, 0.6) is 5.75 Å². The van der Waals surface area contributed by atoms with Gasteiger partial charge in [-0.3, -0.25) is 4.90 Å². The number of piperidine rings is 1. The van der Waals surface area contributed by atoms with E-state index < -0.39 is 10.0 Å². The van der Waals surface area contributed by atoms with E-state index in [1.807, 2.05) is 24.3 Å².